The van der Waals surface area contributed by atoms with Crippen molar-refractivity contribution in [2.75, 3.05) is 5.32 Å². The summed E-state index contributed by atoms with van der Waals surface area (Å²) in [6.07, 6.45) is 12.1. The van der Waals surface area contributed by atoms with Crippen LogP contribution in [0.3, 0.4) is 0 Å². The summed E-state index contributed by atoms with van der Waals surface area (Å²) in [5.41, 5.74) is 2.03. The average Bonchev–Trinajstić information content (AvgIpc) is 2.77. The van der Waals surface area contributed by atoms with Gasteiger partial charge < -0.3 is 5.32 Å². The molecule has 0 aliphatic rings. The highest BCUT2D eigenvalue weighted by Gasteiger charge is 2.08. The Labute approximate surface area is 129 Å². The van der Waals surface area contributed by atoms with Crippen LogP contribution in [0, 0.1) is 13.8 Å². The van der Waals surface area contributed by atoms with E-state index in [0.717, 1.165) is 24.1 Å². The minimum Gasteiger partial charge on any atom is -0.309 e. The largest absolute Gasteiger partial charge is 0.309 e. The first-order valence-corrected chi connectivity index (χ1v) is 8.46. The molecule has 0 saturated carbocycles. The highest BCUT2D eigenvalue weighted by atomic mass is 16.1. The number of aromatic nitrogens is 2. The van der Waals surface area contributed by atoms with Gasteiger partial charge in [-0.15, -0.1) is 0 Å². The molecule has 0 fully saturated rings. The fourth-order valence-electron chi connectivity index (χ4n) is 2.40. The maximum atomic E-state index is 11.8. The van der Waals surface area contributed by atoms with Crippen LogP contribution < -0.4 is 5.32 Å². The third-order valence-corrected chi connectivity index (χ3v) is 4.02. The molecule has 120 valence electrons. The second-order valence-corrected chi connectivity index (χ2v) is 5.95. The molecule has 1 aromatic heterocycles. The maximum absolute atomic E-state index is 11.8. The summed E-state index contributed by atoms with van der Waals surface area (Å²) in [5, 5.41) is 9.85. The van der Waals surface area contributed by atoms with Gasteiger partial charge in [-0.1, -0.05) is 58.3 Å². The first kappa shape index (κ1) is 17.7. The molecule has 0 aliphatic heterocycles. The summed E-state index contributed by atoms with van der Waals surface area (Å²) in [6.45, 7) is 6.17. The van der Waals surface area contributed by atoms with Gasteiger partial charge in [0.05, 0.1) is 0 Å². The zero-order valence-corrected chi connectivity index (χ0v) is 13.9. The van der Waals surface area contributed by atoms with E-state index in [-0.39, 0.29) is 5.91 Å². The Morgan fingerprint density at radius 1 is 1.00 bits per heavy atom. The number of unbranched alkanes of at least 4 members (excludes halogenated alkanes) is 8. The molecule has 0 spiro atoms. The third-order valence-electron chi connectivity index (χ3n) is 4.02. The monoisotopic (exact) mass is 293 g/mol. The second-order valence-electron chi connectivity index (χ2n) is 5.95. The van der Waals surface area contributed by atoms with Crippen molar-refractivity contribution in [2.45, 2.75) is 85.0 Å². The van der Waals surface area contributed by atoms with Gasteiger partial charge in [-0.05, 0) is 20.3 Å². The first-order chi connectivity index (χ1) is 10.1. The Hall–Kier alpha value is -1.32. The number of aryl methyl sites for hydroxylation is 1. The number of carbonyl (C=O) groups excluding carboxylic acids is 1. The lowest BCUT2D eigenvalue weighted by molar-refractivity contribution is -0.116. The number of aromatic amines is 1. The predicted octanol–water partition coefficient (Wildman–Crippen LogP) is 4.89. The highest BCUT2D eigenvalue weighted by molar-refractivity contribution is 5.90. The summed E-state index contributed by atoms with van der Waals surface area (Å²) in [5.74, 6) is 0.751. The Kier molecular flexibility index (Phi) is 8.79. The Bertz CT molecular complexity index is 412. The van der Waals surface area contributed by atoms with Gasteiger partial charge in [0.2, 0.25) is 5.91 Å². The number of hydrogen-bond donors (Lipinski definition) is 2. The van der Waals surface area contributed by atoms with Crippen molar-refractivity contribution >= 4 is 11.7 Å². The molecule has 0 aromatic carbocycles. The summed E-state index contributed by atoms with van der Waals surface area (Å²) in [4.78, 5) is 11.8. The molecular formula is C17H31N3O. The molecule has 0 unspecified atom stereocenters. The van der Waals surface area contributed by atoms with Crippen molar-refractivity contribution in [1.82, 2.24) is 10.2 Å². The van der Waals surface area contributed by atoms with Crippen LogP contribution in [0.4, 0.5) is 5.82 Å². The fraction of sp³-hybridized carbons (Fsp3) is 0.765. The van der Waals surface area contributed by atoms with Crippen LogP contribution >= 0.6 is 0 Å². The van der Waals surface area contributed by atoms with Gasteiger partial charge in [0.25, 0.3) is 0 Å². The van der Waals surface area contributed by atoms with Crippen molar-refractivity contribution in [2.24, 2.45) is 0 Å². The predicted molar refractivity (Wildman–Crippen MR) is 88.5 cm³/mol. The summed E-state index contributed by atoms with van der Waals surface area (Å²) in [6, 6.07) is 0. The van der Waals surface area contributed by atoms with Crippen molar-refractivity contribution in [1.29, 1.82) is 0 Å². The van der Waals surface area contributed by atoms with E-state index in [9.17, 15) is 4.79 Å². The van der Waals surface area contributed by atoms with E-state index in [1.54, 1.807) is 0 Å². The molecule has 21 heavy (non-hydrogen) atoms. The average molecular weight is 293 g/mol. The Morgan fingerprint density at radius 3 is 2.10 bits per heavy atom. The molecule has 1 heterocycles. The van der Waals surface area contributed by atoms with Gasteiger partial charge in [-0.25, -0.2) is 0 Å². The van der Waals surface area contributed by atoms with Crippen molar-refractivity contribution in [3.05, 3.63) is 11.3 Å². The number of anilines is 1. The molecule has 0 atom stereocenters. The van der Waals surface area contributed by atoms with Crippen molar-refractivity contribution < 1.29 is 4.79 Å². The normalized spacial score (nSPS) is 10.8. The van der Waals surface area contributed by atoms with Gasteiger partial charge in [0.1, 0.15) is 0 Å². The lowest BCUT2D eigenvalue weighted by atomic mass is 10.1. The summed E-state index contributed by atoms with van der Waals surface area (Å²) in [7, 11) is 0. The molecular weight excluding hydrogens is 262 g/mol. The molecule has 4 heteroatoms. The number of nitrogens with one attached hydrogen (secondary N) is 2. The topological polar surface area (TPSA) is 57.8 Å². The van der Waals surface area contributed by atoms with Gasteiger partial charge in [-0.3, -0.25) is 9.89 Å². The smallest absolute Gasteiger partial charge is 0.225 e. The van der Waals surface area contributed by atoms with Crippen molar-refractivity contribution in [3.63, 3.8) is 0 Å². The number of H-pyrrole nitrogens is 1. The lowest BCUT2D eigenvalue weighted by Gasteiger charge is -2.04. The third kappa shape index (κ3) is 7.30. The molecule has 0 radical (unpaired) electrons. The van der Waals surface area contributed by atoms with Gasteiger partial charge in [0.15, 0.2) is 5.82 Å². The Balaban J connectivity index is 2.00. The van der Waals surface area contributed by atoms with Crippen LogP contribution in [-0.4, -0.2) is 16.1 Å². The highest BCUT2D eigenvalue weighted by Crippen LogP contribution is 2.15. The van der Waals surface area contributed by atoms with E-state index in [1.807, 2.05) is 13.8 Å². The molecule has 1 aromatic rings. The van der Waals surface area contributed by atoms with Crippen LogP contribution in [-0.2, 0) is 4.79 Å². The zero-order valence-electron chi connectivity index (χ0n) is 13.9. The number of rotatable bonds is 11. The van der Waals surface area contributed by atoms with Crippen molar-refractivity contribution in [3.8, 4) is 0 Å². The number of nitrogens with zero attached hydrogens (tertiary/aromatic N) is 1. The molecule has 0 saturated heterocycles. The van der Waals surface area contributed by atoms with E-state index in [2.05, 4.69) is 22.4 Å². The molecule has 2 N–H and O–H groups in total. The van der Waals surface area contributed by atoms with E-state index in [1.165, 1.54) is 44.9 Å². The van der Waals surface area contributed by atoms with E-state index in [4.69, 9.17) is 0 Å². The molecule has 1 rings (SSSR count). The second kappa shape index (κ2) is 10.4. The summed E-state index contributed by atoms with van der Waals surface area (Å²) >= 11 is 0. The first-order valence-electron chi connectivity index (χ1n) is 8.46. The molecule has 0 bridgehead atoms. The molecule has 4 nitrogen and oxygen atoms in total. The van der Waals surface area contributed by atoms with E-state index in [0.29, 0.717) is 12.2 Å². The summed E-state index contributed by atoms with van der Waals surface area (Å²) < 4.78 is 0. The number of hydrogen-bond acceptors (Lipinski definition) is 2. The fourth-order valence-corrected chi connectivity index (χ4v) is 2.40. The quantitative estimate of drug-likeness (QED) is 0.571. The van der Waals surface area contributed by atoms with Gasteiger partial charge >= 0.3 is 0 Å². The minimum atomic E-state index is 0.0764. The van der Waals surface area contributed by atoms with Gasteiger partial charge in [-0.2, -0.15) is 5.10 Å². The maximum Gasteiger partial charge on any atom is 0.225 e. The number of amides is 1. The van der Waals surface area contributed by atoms with E-state index < -0.39 is 0 Å². The standard InChI is InChI=1S/C17H31N3O/c1-4-5-6-7-8-9-10-11-12-13-16(21)18-17-14(2)15(3)19-20-17/h4-13H2,1-3H3,(H2,18,19,20,21). The van der Waals surface area contributed by atoms with Crippen LogP contribution in [0.25, 0.3) is 0 Å². The zero-order chi connectivity index (χ0) is 15.5. The van der Waals surface area contributed by atoms with Crippen LogP contribution in [0.5, 0.6) is 0 Å². The molecule has 0 aliphatic carbocycles. The van der Waals surface area contributed by atoms with Crippen LogP contribution in [0.15, 0.2) is 0 Å². The van der Waals surface area contributed by atoms with Gasteiger partial charge in [0, 0.05) is 17.7 Å². The van der Waals surface area contributed by atoms with Crippen LogP contribution in [0.2, 0.25) is 0 Å². The molecule has 1 amide bonds. The lowest BCUT2D eigenvalue weighted by Crippen LogP contribution is -2.12. The van der Waals surface area contributed by atoms with E-state index >= 15 is 0 Å². The SMILES string of the molecule is CCCCCCCCCCCC(=O)Nc1n[nH]c(C)c1C. The Morgan fingerprint density at radius 2 is 1.57 bits per heavy atom. The number of carbonyl (C=O) groups is 1. The van der Waals surface area contributed by atoms with Crippen LogP contribution in [0.1, 0.15) is 82.4 Å². The minimum absolute atomic E-state index is 0.0764.